The van der Waals surface area contributed by atoms with Crippen LogP contribution >= 0.6 is 11.8 Å². The zero-order chi connectivity index (χ0) is 7.40. The van der Waals surface area contributed by atoms with E-state index in [1.165, 1.54) is 31.4 Å². The summed E-state index contributed by atoms with van der Waals surface area (Å²) in [5.41, 5.74) is 0. The predicted octanol–water partition coefficient (Wildman–Crippen LogP) is 3.32. The number of hydrogen-bond acceptors (Lipinski definition) is 1. The van der Waals surface area contributed by atoms with Gasteiger partial charge >= 0.3 is 0 Å². The lowest BCUT2D eigenvalue weighted by Gasteiger charge is -2.12. The Labute approximate surface area is 68.8 Å². The molecule has 0 N–H and O–H groups in total. The van der Waals surface area contributed by atoms with Crippen molar-refractivity contribution >= 4 is 11.8 Å². The van der Waals surface area contributed by atoms with Gasteiger partial charge in [0.1, 0.15) is 0 Å². The molecule has 0 amide bonds. The van der Waals surface area contributed by atoms with Crippen molar-refractivity contribution in [1.29, 1.82) is 0 Å². The van der Waals surface area contributed by atoms with E-state index < -0.39 is 0 Å². The Kier molecular flexibility index (Phi) is 3.61. The molecule has 0 nitrogen and oxygen atoms in total. The molecule has 0 aromatic rings. The molecule has 1 rings (SSSR count). The van der Waals surface area contributed by atoms with Gasteiger partial charge in [-0.1, -0.05) is 26.7 Å². The normalized spacial score (nSPS) is 33.0. The van der Waals surface area contributed by atoms with Crippen LogP contribution in [0.15, 0.2) is 0 Å². The molecular formula is C9H18S. The van der Waals surface area contributed by atoms with Crippen LogP contribution in [0.1, 0.15) is 39.5 Å². The highest BCUT2D eigenvalue weighted by Gasteiger charge is 2.22. The van der Waals surface area contributed by atoms with Crippen LogP contribution in [0.2, 0.25) is 0 Å². The largest absolute Gasteiger partial charge is 0.158 e. The van der Waals surface area contributed by atoms with Gasteiger partial charge < -0.3 is 0 Å². The Morgan fingerprint density at radius 2 is 2.30 bits per heavy atom. The van der Waals surface area contributed by atoms with Crippen molar-refractivity contribution in [3.05, 3.63) is 0 Å². The molecule has 1 heterocycles. The molecule has 2 atom stereocenters. The smallest absolute Gasteiger partial charge is 0.00729 e. The van der Waals surface area contributed by atoms with Crippen LogP contribution in [0.3, 0.4) is 0 Å². The van der Waals surface area contributed by atoms with Gasteiger partial charge in [-0.15, -0.1) is 0 Å². The summed E-state index contributed by atoms with van der Waals surface area (Å²) in [6, 6.07) is 0. The number of unbranched alkanes of at least 4 members (excludes halogenated alkanes) is 1. The Bertz CT molecular complexity index is 90.7. The maximum Gasteiger partial charge on any atom is 0.00729 e. The second-order valence-electron chi connectivity index (χ2n) is 3.32. The van der Waals surface area contributed by atoms with E-state index in [4.69, 9.17) is 0 Å². The minimum atomic E-state index is 0.997. The zero-order valence-electron chi connectivity index (χ0n) is 7.10. The highest BCUT2D eigenvalue weighted by atomic mass is 32.2. The van der Waals surface area contributed by atoms with Gasteiger partial charge in [-0.3, -0.25) is 0 Å². The third-order valence-corrected chi connectivity index (χ3v) is 3.98. The first-order chi connectivity index (χ1) is 4.84. The van der Waals surface area contributed by atoms with Crippen LogP contribution in [-0.2, 0) is 0 Å². The van der Waals surface area contributed by atoms with Crippen molar-refractivity contribution < 1.29 is 0 Å². The molecule has 0 aromatic carbocycles. The van der Waals surface area contributed by atoms with Crippen LogP contribution < -0.4 is 0 Å². The van der Waals surface area contributed by atoms with Gasteiger partial charge in [-0.05, 0) is 24.5 Å². The quantitative estimate of drug-likeness (QED) is 0.607. The summed E-state index contributed by atoms with van der Waals surface area (Å²) in [5.74, 6) is 2.41. The molecule has 0 radical (unpaired) electrons. The average molecular weight is 158 g/mol. The molecule has 0 aromatic heterocycles. The molecule has 1 aliphatic rings. The van der Waals surface area contributed by atoms with Gasteiger partial charge in [0.05, 0.1) is 0 Å². The van der Waals surface area contributed by atoms with Crippen molar-refractivity contribution in [2.45, 2.75) is 44.8 Å². The molecule has 60 valence electrons. The molecule has 0 unspecified atom stereocenters. The monoisotopic (exact) mass is 158 g/mol. The second kappa shape index (κ2) is 4.27. The molecule has 0 spiro atoms. The summed E-state index contributed by atoms with van der Waals surface area (Å²) < 4.78 is 0. The fourth-order valence-corrected chi connectivity index (χ4v) is 3.14. The summed E-state index contributed by atoms with van der Waals surface area (Å²) >= 11 is 2.19. The third-order valence-electron chi connectivity index (χ3n) is 2.38. The molecule has 1 fully saturated rings. The fourth-order valence-electron chi connectivity index (χ4n) is 1.53. The van der Waals surface area contributed by atoms with E-state index in [-0.39, 0.29) is 0 Å². The minimum absolute atomic E-state index is 0.997. The van der Waals surface area contributed by atoms with E-state index in [1.54, 1.807) is 0 Å². The summed E-state index contributed by atoms with van der Waals surface area (Å²) in [5, 5.41) is 1.000. The molecular weight excluding hydrogens is 140 g/mol. The lowest BCUT2D eigenvalue weighted by Crippen LogP contribution is -2.06. The molecule has 1 saturated heterocycles. The van der Waals surface area contributed by atoms with Gasteiger partial charge in [0.2, 0.25) is 0 Å². The summed E-state index contributed by atoms with van der Waals surface area (Å²) in [4.78, 5) is 0. The van der Waals surface area contributed by atoms with Crippen molar-refractivity contribution in [2.24, 2.45) is 5.92 Å². The highest BCUT2D eigenvalue weighted by molar-refractivity contribution is 8.00. The minimum Gasteiger partial charge on any atom is -0.158 e. The van der Waals surface area contributed by atoms with Gasteiger partial charge in [0.25, 0.3) is 0 Å². The first-order valence-corrected chi connectivity index (χ1v) is 5.51. The van der Waals surface area contributed by atoms with Crippen molar-refractivity contribution in [1.82, 2.24) is 0 Å². The van der Waals surface area contributed by atoms with Gasteiger partial charge in [0, 0.05) is 5.25 Å². The molecule has 0 saturated carbocycles. The van der Waals surface area contributed by atoms with Gasteiger partial charge in [0.15, 0.2) is 0 Å². The van der Waals surface area contributed by atoms with E-state index >= 15 is 0 Å². The van der Waals surface area contributed by atoms with Crippen LogP contribution in [0.25, 0.3) is 0 Å². The maximum atomic E-state index is 2.40. The van der Waals surface area contributed by atoms with E-state index in [0.29, 0.717) is 0 Å². The number of thioether (sulfide) groups is 1. The topological polar surface area (TPSA) is 0 Å². The standard InChI is InChI=1S/C9H18S/c1-3-4-5-9-8(2)6-7-10-9/h8-9H,3-7H2,1-2H3/t8-,9+/m0/s1. The Balaban J connectivity index is 2.14. The van der Waals surface area contributed by atoms with Crippen LogP contribution in [-0.4, -0.2) is 11.0 Å². The summed E-state index contributed by atoms with van der Waals surface area (Å²) in [7, 11) is 0. The number of rotatable bonds is 3. The van der Waals surface area contributed by atoms with Gasteiger partial charge in [-0.2, -0.15) is 11.8 Å². The molecule has 10 heavy (non-hydrogen) atoms. The fraction of sp³-hybridized carbons (Fsp3) is 1.00. The van der Waals surface area contributed by atoms with Crippen LogP contribution in [0.5, 0.6) is 0 Å². The second-order valence-corrected chi connectivity index (χ2v) is 4.66. The lowest BCUT2D eigenvalue weighted by atomic mass is 10.0. The Morgan fingerprint density at radius 3 is 2.80 bits per heavy atom. The molecule has 0 aliphatic carbocycles. The lowest BCUT2D eigenvalue weighted by molar-refractivity contribution is 0.523. The first kappa shape index (κ1) is 8.45. The van der Waals surface area contributed by atoms with Crippen LogP contribution in [0, 0.1) is 5.92 Å². The number of hydrogen-bond donors (Lipinski definition) is 0. The summed E-state index contributed by atoms with van der Waals surface area (Å²) in [6.07, 6.45) is 5.72. The third kappa shape index (κ3) is 2.19. The Morgan fingerprint density at radius 1 is 1.50 bits per heavy atom. The van der Waals surface area contributed by atoms with E-state index in [2.05, 4.69) is 25.6 Å². The van der Waals surface area contributed by atoms with Crippen molar-refractivity contribution in [2.75, 3.05) is 5.75 Å². The highest BCUT2D eigenvalue weighted by Crippen LogP contribution is 2.34. The summed E-state index contributed by atoms with van der Waals surface area (Å²) in [6.45, 7) is 4.69. The van der Waals surface area contributed by atoms with E-state index in [1.807, 2.05) is 0 Å². The van der Waals surface area contributed by atoms with Crippen molar-refractivity contribution in [3.63, 3.8) is 0 Å². The average Bonchev–Trinajstić information content (AvgIpc) is 2.31. The molecule has 1 heteroatoms. The molecule has 1 aliphatic heterocycles. The molecule has 0 bridgehead atoms. The van der Waals surface area contributed by atoms with Crippen LogP contribution in [0.4, 0.5) is 0 Å². The zero-order valence-corrected chi connectivity index (χ0v) is 7.91. The Hall–Kier alpha value is 0.350. The first-order valence-electron chi connectivity index (χ1n) is 4.46. The SMILES string of the molecule is CCCC[C@H]1SCC[C@@H]1C. The van der Waals surface area contributed by atoms with Gasteiger partial charge in [-0.25, -0.2) is 0 Å². The van der Waals surface area contributed by atoms with E-state index in [0.717, 1.165) is 11.2 Å². The van der Waals surface area contributed by atoms with Crippen molar-refractivity contribution in [3.8, 4) is 0 Å². The predicted molar refractivity (Wildman–Crippen MR) is 49.6 cm³/mol. The van der Waals surface area contributed by atoms with E-state index in [9.17, 15) is 0 Å². The maximum absolute atomic E-state index is 2.40.